The van der Waals surface area contributed by atoms with Gasteiger partial charge in [0.2, 0.25) is 0 Å². The molecule has 2 heterocycles. The van der Waals surface area contributed by atoms with Crippen LogP contribution in [-0.2, 0) is 16.9 Å². The lowest BCUT2D eigenvalue weighted by Crippen LogP contribution is -2.24. The van der Waals surface area contributed by atoms with E-state index in [0.29, 0.717) is 28.8 Å². The molecule has 1 aliphatic carbocycles. The van der Waals surface area contributed by atoms with Gasteiger partial charge in [0.15, 0.2) is 15.7 Å². The Balaban J connectivity index is 1.94. The fraction of sp³-hybridized carbons (Fsp3) is 0.444. The largest absolute Gasteiger partial charge is 0.343 e. The molecule has 0 bridgehead atoms. The molecular formula is C18H21FN4O2S. The first-order valence-corrected chi connectivity index (χ1v) is 10.3. The van der Waals surface area contributed by atoms with Gasteiger partial charge in [-0.15, -0.1) is 0 Å². The molecule has 1 aliphatic rings. The third-order valence-electron chi connectivity index (χ3n) is 5.35. The summed E-state index contributed by atoms with van der Waals surface area (Å²) in [4.78, 5) is 7.07. The van der Waals surface area contributed by atoms with Crippen LogP contribution in [0.1, 0.15) is 31.7 Å². The van der Waals surface area contributed by atoms with Crippen molar-refractivity contribution in [3.05, 3.63) is 29.8 Å². The van der Waals surface area contributed by atoms with Crippen LogP contribution in [0, 0.1) is 18.7 Å². The van der Waals surface area contributed by atoms with Crippen molar-refractivity contribution in [1.82, 2.24) is 19.7 Å². The van der Waals surface area contributed by atoms with Crippen LogP contribution in [0.15, 0.2) is 23.5 Å². The normalized spacial score (nSPS) is 20.9. The minimum atomic E-state index is -3.54. The van der Waals surface area contributed by atoms with E-state index < -0.39 is 20.9 Å². The molecule has 3 aromatic rings. The zero-order valence-electron chi connectivity index (χ0n) is 15.0. The standard InChI is InChI=1S/C18H21FN4O2S/c1-10-5-4-6-14(10)26(24,25)15-8-12-16(18-20-9-23(3)22-18)11(2)7-13(19)17(12)21-15/h7-10,14,21H,4-6H2,1-3H3/t10-,14-/m0/s1. The third kappa shape index (κ3) is 2.55. The maximum Gasteiger partial charge on any atom is 0.196 e. The number of halogens is 1. The van der Waals surface area contributed by atoms with Gasteiger partial charge in [0.1, 0.15) is 17.2 Å². The van der Waals surface area contributed by atoms with Crippen LogP contribution in [0.2, 0.25) is 0 Å². The van der Waals surface area contributed by atoms with E-state index in [4.69, 9.17) is 0 Å². The van der Waals surface area contributed by atoms with Gasteiger partial charge in [-0.05, 0) is 43.4 Å². The minimum Gasteiger partial charge on any atom is -0.343 e. The summed E-state index contributed by atoms with van der Waals surface area (Å²) in [5.74, 6) is 0.0835. The summed E-state index contributed by atoms with van der Waals surface area (Å²) in [5, 5.41) is 4.46. The Morgan fingerprint density at radius 1 is 1.31 bits per heavy atom. The Labute approximate surface area is 151 Å². The second kappa shape index (κ2) is 5.90. The molecule has 4 rings (SSSR count). The molecule has 1 fully saturated rings. The first-order chi connectivity index (χ1) is 12.3. The summed E-state index contributed by atoms with van der Waals surface area (Å²) < 4.78 is 42.2. The Hall–Kier alpha value is -2.22. The third-order valence-corrected chi connectivity index (χ3v) is 7.68. The highest BCUT2D eigenvalue weighted by Crippen LogP contribution is 2.37. The van der Waals surface area contributed by atoms with Gasteiger partial charge in [-0.3, -0.25) is 4.68 Å². The molecule has 0 aliphatic heterocycles. The van der Waals surface area contributed by atoms with Crippen LogP contribution in [0.5, 0.6) is 0 Å². The van der Waals surface area contributed by atoms with Crippen molar-refractivity contribution >= 4 is 20.7 Å². The number of H-pyrrole nitrogens is 1. The van der Waals surface area contributed by atoms with E-state index in [0.717, 1.165) is 12.8 Å². The van der Waals surface area contributed by atoms with E-state index in [1.165, 1.54) is 12.1 Å². The fourth-order valence-electron chi connectivity index (χ4n) is 4.00. The van der Waals surface area contributed by atoms with Crippen LogP contribution in [0.25, 0.3) is 22.3 Å². The van der Waals surface area contributed by atoms with Gasteiger partial charge in [-0.2, -0.15) is 5.10 Å². The molecule has 1 aromatic carbocycles. The van der Waals surface area contributed by atoms with Crippen molar-refractivity contribution in [3.8, 4) is 11.4 Å². The molecule has 138 valence electrons. The van der Waals surface area contributed by atoms with Crippen molar-refractivity contribution in [2.75, 3.05) is 0 Å². The molecule has 6 nitrogen and oxygen atoms in total. The summed E-state index contributed by atoms with van der Waals surface area (Å²) in [6.45, 7) is 3.74. The monoisotopic (exact) mass is 376 g/mol. The molecule has 1 saturated carbocycles. The SMILES string of the molecule is Cc1cc(F)c2[nH]c(S(=O)(=O)[C@H]3CCC[C@@H]3C)cc2c1-c1ncn(C)n1. The maximum atomic E-state index is 14.5. The van der Waals surface area contributed by atoms with Crippen LogP contribution >= 0.6 is 0 Å². The predicted octanol–water partition coefficient (Wildman–Crippen LogP) is 3.37. The molecule has 2 atom stereocenters. The summed E-state index contributed by atoms with van der Waals surface area (Å²) in [7, 11) is -1.79. The van der Waals surface area contributed by atoms with Crippen molar-refractivity contribution in [2.45, 2.75) is 43.4 Å². The fourth-order valence-corrected chi connectivity index (χ4v) is 6.08. The first kappa shape index (κ1) is 17.2. The number of aromatic amines is 1. The van der Waals surface area contributed by atoms with E-state index in [-0.39, 0.29) is 16.5 Å². The Bertz CT molecular complexity index is 1100. The lowest BCUT2D eigenvalue weighted by molar-refractivity contribution is 0.542. The second-order valence-electron chi connectivity index (χ2n) is 7.21. The molecule has 0 amide bonds. The van der Waals surface area contributed by atoms with Gasteiger partial charge >= 0.3 is 0 Å². The molecule has 2 aromatic heterocycles. The molecule has 0 spiro atoms. The smallest absolute Gasteiger partial charge is 0.196 e. The molecule has 0 radical (unpaired) electrons. The van der Waals surface area contributed by atoms with Crippen LogP contribution in [-0.4, -0.2) is 33.4 Å². The van der Waals surface area contributed by atoms with Gasteiger partial charge in [-0.25, -0.2) is 17.8 Å². The number of hydrogen-bond donors (Lipinski definition) is 1. The van der Waals surface area contributed by atoms with Gasteiger partial charge in [0, 0.05) is 18.0 Å². The first-order valence-electron chi connectivity index (χ1n) is 8.70. The summed E-state index contributed by atoms with van der Waals surface area (Å²) in [5.41, 5.74) is 1.50. The Kier molecular flexibility index (Phi) is 3.91. The van der Waals surface area contributed by atoms with E-state index in [1.54, 1.807) is 25.0 Å². The number of fused-ring (bicyclic) bond motifs is 1. The number of benzene rings is 1. The summed E-state index contributed by atoms with van der Waals surface area (Å²) in [6, 6.07) is 2.93. The topological polar surface area (TPSA) is 80.6 Å². The predicted molar refractivity (Wildman–Crippen MR) is 97.0 cm³/mol. The second-order valence-corrected chi connectivity index (χ2v) is 9.34. The summed E-state index contributed by atoms with van der Waals surface area (Å²) >= 11 is 0. The van der Waals surface area contributed by atoms with Crippen LogP contribution in [0.3, 0.4) is 0 Å². The van der Waals surface area contributed by atoms with Crippen molar-refractivity contribution in [1.29, 1.82) is 0 Å². The number of rotatable bonds is 3. The molecule has 8 heteroatoms. The quantitative estimate of drug-likeness (QED) is 0.760. The Morgan fingerprint density at radius 2 is 2.08 bits per heavy atom. The van der Waals surface area contributed by atoms with E-state index in [9.17, 15) is 12.8 Å². The van der Waals surface area contributed by atoms with Gasteiger partial charge < -0.3 is 4.98 Å². The molecule has 0 saturated heterocycles. The lowest BCUT2D eigenvalue weighted by atomic mass is 10.0. The van der Waals surface area contributed by atoms with E-state index >= 15 is 0 Å². The van der Waals surface area contributed by atoms with Crippen LogP contribution in [0.4, 0.5) is 4.39 Å². The van der Waals surface area contributed by atoms with E-state index in [1.807, 2.05) is 6.92 Å². The lowest BCUT2D eigenvalue weighted by Gasteiger charge is -2.14. The van der Waals surface area contributed by atoms with Gasteiger partial charge in [-0.1, -0.05) is 13.3 Å². The zero-order chi connectivity index (χ0) is 18.6. The number of nitrogens with one attached hydrogen (secondary N) is 1. The summed E-state index contributed by atoms with van der Waals surface area (Å²) in [6.07, 6.45) is 4.02. The molecule has 26 heavy (non-hydrogen) atoms. The maximum absolute atomic E-state index is 14.5. The van der Waals surface area contributed by atoms with Crippen molar-refractivity contribution in [2.24, 2.45) is 13.0 Å². The average molecular weight is 376 g/mol. The molecular weight excluding hydrogens is 355 g/mol. The Morgan fingerprint density at radius 3 is 2.69 bits per heavy atom. The highest BCUT2D eigenvalue weighted by Gasteiger charge is 2.37. The minimum absolute atomic E-state index is 0.0768. The van der Waals surface area contributed by atoms with E-state index in [2.05, 4.69) is 15.1 Å². The number of nitrogens with zero attached hydrogens (tertiary/aromatic N) is 3. The van der Waals surface area contributed by atoms with Crippen LogP contribution < -0.4 is 0 Å². The molecule has 1 N–H and O–H groups in total. The number of hydrogen-bond acceptors (Lipinski definition) is 4. The molecule has 0 unspecified atom stereocenters. The van der Waals surface area contributed by atoms with Crippen molar-refractivity contribution < 1.29 is 12.8 Å². The zero-order valence-corrected chi connectivity index (χ0v) is 15.8. The number of aromatic nitrogens is 4. The number of sulfone groups is 1. The average Bonchev–Trinajstić information content (AvgIpc) is 3.27. The highest BCUT2D eigenvalue weighted by atomic mass is 32.2. The van der Waals surface area contributed by atoms with Gasteiger partial charge in [0.25, 0.3) is 0 Å². The van der Waals surface area contributed by atoms with Crippen molar-refractivity contribution in [3.63, 3.8) is 0 Å². The number of aryl methyl sites for hydroxylation is 2. The van der Waals surface area contributed by atoms with Gasteiger partial charge in [0.05, 0.1) is 10.8 Å². The highest BCUT2D eigenvalue weighted by molar-refractivity contribution is 7.92.